The number of aromatic nitrogens is 3. The van der Waals surface area contributed by atoms with E-state index in [-0.39, 0.29) is 5.91 Å². The predicted molar refractivity (Wildman–Crippen MR) is 61.2 cm³/mol. The summed E-state index contributed by atoms with van der Waals surface area (Å²) in [6.07, 6.45) is 3.41. The Morgan fingerprint density at radius 2 is 2.38 bits per heavy atom. The zero-order valence-electron chi connectivity index (χ0n) is 9.10. The number of aryl methyl sites for hydroxylation is 1. The lowest BCUT2D eigenvalue weighted by Crippen LogP contribution is -2.26. The molecule has 1 amide bonds. The molecule has 0 radical (unpaired) electrons. The first-order valence-electron chi connectivity index (χ1n) is 4.82. The molecule has 0 spiro atoms. The van der Waals surface area contributed by atoms with Gasteiger partial charge in [0, 0.05) is 19.4 Å². The van der Waals surface area contributed by atoms with Gasteiger partial charge in [0.05, 0.1) is 17.7 Å². The summed E-state index contributed by atoms with van der Waals surface area (Å²) in [5.41, 5.74) is 2.46. The van der Waals surface area contributed by atoms with E-state index in [9.17, 15) is 4.79 Å². The number of amides is 1. The van der Waals surface area contributed by atoms with Crippen LogP contribution in [0.4, 0.5) is 0 Å². The lowest BCUT2D eigenvalue weighted by atomic mass is 10.3. The molecule has 84 valence electrons. The second-order valence-corrected chi connectivity index (χ2v) is 4.32. The Hall–Kier alpha value is -1.69. The van der Waals surface area contributed by atoms with Crippen LogP contribution < -0.4 is 0 Å². The van der Waals surface area contributed by atoms with Gasteiger partial charge in [0.25, 0.3) is 5.91 Å². The Balaban J connectivity index is 2.08. The van der Waals surface area contributed by atoms with Crippen LogP contribution in [0.25, 0.3) is 0 Å². The molecule has 0 atom stereocenters. The molecule has 0 fully saturated rings. The molecule has 5 nitrogen and oxygen atoms in total. The van der Waals surface area contributed by atoms with Crippen LogP contribution in [0.3, 0.4) is 0 Å². The van der Waals surface area contributed by atoms with Gasteiger partial charge in [0.2, 0.25) is 0 Å². The predicted octanol–water partition coefficient (Wildman–Crippen LogP) is 1.45. The number of aromatic amines is 1. The second kappa shape index (κ2) is 4.44. The van der Waals surface area contributed by atoms with Gasteiger partial charge in [0.15, 0.2) is 0 Å². The number of thiazole rings is 1. The number of nitrogens with zero attached hydrogens (tertiary/aromatic N) is 3. The summed E-state index contributed by atoms with van der Waals surface area (Å²) < 4.78 is 0. The Morgan fingerprint density at radius 1 is 1.56 bits per heavy atom. The van der Waals surface area contributed by atoms with Gasteiger partial charge in [-0.2, -0.15) is 0 Å². The normalized spacial score (nSPS) is 10.4. The molecular weight excluding hydrogens is 224 g/mol. The summed E-state index contributed by atoms with van der Waals surface area (Å²) >= 11 is 1.37. The van der Waals surface area contributed by atoms with E-state index < -0.39 is 0 Å². The Bertz CT molecular complexity index is 477. The van der Waals surface area contributed by atoms with Crippen molar-refractivity contribution < 1.29 is 4.79 Å². The fourth-order valence-corrected chi connectivity index (χ4v) is 2.16. The minimum Gasteiger partial charge on any atom is -0.347 e. The van der Waals surface area contributed by atoms with Crippen LogP contribution in [0, 0.1) is 6.92 Å². The summed E-state index contributed by atoms with van der Waals surface area (Å²) in [6, 6.07) is 0. The number of carbonyl (C=O) groups is 1. The molecule has 0 aromatic carbocycles. The van der Waals surface area contributed by atoms with E-state index in [4.69, 9.17) is 0 Å². The Morgan fingerprint density at radius 3 is 2.94 bits per heavy atom. The molecule has 2 aromatic heterocycles. The molecule has 0 unspecified atom stereocenters. The number of nitrogens with one attached hydrogen (secondary N) is 1. The topological polar surface area (TPSA) is 61.9 Å². The lowest BCUT2D eigenvalue weighted by Gasteiger charge is -2.14. The smallest absolute Gasteiger partial charge is 0.265 e. The summed E-state index contributed by atoms with van der Waals surface area (Å²) in [5, 5.41) is 0. The van der Waals surface area contributed by atoms with Crippen molar-refractivity contribution in [3.05, 3.63) is 34.3 Å². The van der Waals surface area contributed by atoms with E-state index in [0.717, 1.165) is 11.5 Å². The highest BCUT2D eigenvalue weighted by Gasteiger charge is 2.16. The number of H-pyrrole nitrogens is 1. The van der Waals surface area contributed by atoms with Crippen LogP contribution in [0.15, 0.2) is 17.9 Å². The van der Waals surface area contributed by atoms with Gasteiger partial charge in [-0.05, 0) is 6.92 Å². The standard InChI is InChI=1S/C10H12N4OS/c1-7-9(16-6-13-7)10(15)14(2)5-8-11-3-4-12-8/h3-4,6H,5H2,1-2H3,(H,11,12). The number of rotatable bonds is 3. The van der Waals surface area contributed by atoms with E-state index in [1.54, 1.807) is 29.9 Å². The average molecular weight is 236 g/mol. The van der Waals surface area contributed by atoms with E-state index in [0.29, 0.717) is 11.4 Å². The first-order valence-corrected chi connectivity index (χ1v) is 5.70. The van der Waals surface area contributed by atoms with E-state index in [1.165, 1.54) is 11.3 Å². The minimum atomic E-state index is -0.0172. The van der Waals surface area contributed by atoms with Crippen molar-refractivity contribution in [3.8, 4) is 0 Å². The number of hydrogen-bond acceptors (Lipinski definition) is 4. The van der Waals surface area contributed by atoms with Gasteiger partial charge in [0.1, 0.15) is 10.7 Å². The van der Waals surface area contributed by atoms with Crippen LogP contribution in [0.5, 0.6) is 0 Å². The maximum atomic E-state index is 12.0. The van der Waals surface area contributed by atoms with Crippen molar-refractivity contribution in [1.29, 1.82) is 0 Å². The van der Waals surface area contributed by atoms with Crippen LogP contribution in [-0.2, 0) is 6.54 Å². The molecule has 0 bridgehead atoms. The van der Waals surface area contributed by atoms with Crippen molar-refractivity contribution in [2.45, 2.75) is 13.5 Å². The molecule has 0 aliphatic heterocycles. The maximum Gasteiger partial charge on any atom is 0.265 e. The third-order valence-electron chi connectivity index (χ3n) is 2.23. The first-order chi connectivity index (χ1) is 7.68. The summed E-state index contributed by atoms with van der Waals surface area (Å²) in [6.45, 7) is 2.31. The lowest BCUT2D eigenvalue weighted by molar-refractivity contribution is 0.0785. The van der Waals surface area contributed by atoms with E-state index >= 15 is 0 Å². The van der Waals surface area contributed by atoms with Gasteiger partial charge in [-0.25, -0.2) is 9.97 Å². The summed E-state index contributed by atoms with van der Waals surface area (Å²) in [4.78, 5) is 25.4. The molecule has 0 aliphatic rings. The molecular formula is C10H12N4OS. The average Bonchev–Trinajstić information content (AvgIpc) is 2.88. The van der Waals surface area contributed by atoms with Crippen LogP contribution >= 0.6 is 11.3 Å². The largest absolute Gasteiger partial charge is 0.347 e. The number of hydrogen-bond donors (Lipinski definition) is 1. The first kappa shape index (κ1) is 10.8. The third-order valence-corrected chi connectivity index (χ3v) is 3.14. The fraction of sp³-hybridized carbons (Fsp3) is 0.300. The van der Waals surface area contributed by atoms with Crippen LogP contribution in [0.1, 0.15) is 21.2 Å². The van der Waals surface area contributed by atoms with Crippen molar-refractivity contribution in [1.82, 2.24) is 19.9 Å². The maximum absolute atomic E-state index is 12.0. The van der Waals surface area contributed by atoms with Gasteiger partial charge < -0.3 is 9.88 Å². The molecule has 16 heavy (non-hydrogen) atoms. The van der Waals surface area contributed by atoms with Gasteiger partial charge in [-0.15, -0.1) is 11.3 Å². The summed E-state index contributed by atoms with van der Waals surface area (Å²) in [5.74, 6) is 0.759. The zero-order chi connectivity index (χ0) is 11.5. The molecule has 0 aliphatic carbocycles. The number of carbonyl (C=O) groups excluding carboxylic acids is 1. The Kier molecular flexibility index (Phi) is 3.00. The van der Waals surface area contributed by atoms with Crippen molar-refractivity contribution in [2.24, 2.45) is 0 Å². The SMILES string of the molecule is Cc1ncsc1C(=O)N(C)Cc1ncc[nH]1. The number of imidazole rings is 1. The molecule has 2 aromatic rings. The highest BCUT2D eigenvalue weighted by Crippen LogP contribution is 2.15. The monoisotopic (exact) mass is 236 g/mol. The van der Waals surface area contributed by atoms with Gasteiger partial charge in [-0.3, -0.25) is 4.79 Å². The van der Waals surface area contributed by atoms with Crippen molar-refractivity contribution in [3.63, 3.8) is 0 Å². The minimum absolute atomic E-state index is 0.0172. The quantitative estimate of drug-likeness (QED) is 0.877. The fourth-order valence-electron chi connectivity index (χ4n) is 1.36. The zero-order valence-corrected chi connectivity index (χ0v) is 9.91. The highest BCUT2D eigenvalue weighted by atomic mass is 32.1. The molecule has 1 N–H and O–H groups in total. The van der Waals surface area contributed by atoms with Crippen molar-refractivity contribution in [2.75, 3.05) is 7.05 Å². The van der Waals surface area contributed by atoms with E-state index in [2.05, 4.69) is 15.0 Å². The van der Waals surface area contributed by atoms with Crippen LogP contribution in [0.2, 0.25) is 0 Å². The van der Waals surface area contributed by atoms with Crippen LogP contribution in [-0.4, -0.2) is 32.8 Å². The van der Waals surface area contributed by atoms with E-state index in [1.807, 2.05) is 6.92 Å². The Labute approximate surface area is 97.2 Å². The highest BCUT2D eigenvalue weighted by molar-refractivity contribution is 7.11. The van der Waals surface area contributed by atoms with Gasteiger partial charge in [-0.1, -0.05) is 0 Å². The molecule has 0 saturated carbocycles. The second-order valence-electron chi connectivity index (χ2n) is 3.46. The molecule has 2 rings (SSSR count). The summed E-state index contributed by atoms with van der Waals surface area (Å²) in [7, 11) is 1.75. The van der Waals surface area contributed by atoms with Crippen molar-refractivity contribution >= 4 is 17.2 Å². The molecule has 2 heterocycles. The third kappa shape index (κ3) is 2.11. The molecule has 0 saturated heterocycles. The van der Waals surface area contributed by atoms with Gasteiger partial charge >= 0.3 is 0 Å². The molecule has 6 heteroatoms.